The quantitative estimate of drug-likeness (QED) is 0.731. The van der Waals surface area contributed by atoms with Crippen LogP contribution < -0.4 is 10.5 Å². The smallest absolute Gasteiger partial charge is 0.119 e. The highest BCUT2D eigenvalue weighted by atomic mass is 16.5. The van der Waals surface area contributed by atoms with Crippen LogP contribution in [-0.2, 0) is 13.0 Å². The third kappa shape index (κ3) is 3.85. The van der Waals surface area contributed by atoms with Gasteiger partial charge in [0.15, 0.2) is 0 Å². The van der Waals surface area contributed by atoms with Gasteiger partial charge in [0.05, 0.1) is 13.7 Å². The highest BCUT2D eigenvalue weighted by Gasteiger charge is 2.10. The maximum Gasteiger partial charge on any atom is 0.119 e. The van der Waals surface area contributed by atoms with Gasteiger partial charge >= 0.3 is 0 Å². The first kappa shape index (κ1) is 16.5. The lowest BCUT2D eigenvalue weighted by molar-refractivity contribution is 0.230. The van der Waals surface area contributed by atoms with E-state index >= 15 is 0 Å². The van der Waals surface area contributed by atoms with Crippen LogP contribution in [0.15, 0.2) is 42.5 Å². The van der Waals surface area contributed by atoms with Crippen molar-refractivity contribution in [1.82, 2.24) is 0 Å². The molecule has 1 atom stereocenters. The van der Waals surface area contributed by atoms with E-state index in [2.05, 4.69) is 6.07 Å². The molecular weight excluding hydrogens is 278 g/mol. The minimum atomic E-state index is -0.0222. The number of aliphatic hydroxyl groups is 2. The molecule has 0 aliphatic rings. The van der Waals surface area contributed by atoms with Gasteiger partial charge in [0, 0.05) is 6.61 Å². The van der Waals surface area contributed by atoms with Crippen LogP contribution in [0.4, 0.5) is 0 Å². The van der Waals surface area contributed by atoms with Gasteiger partial charge in [0.25, 0.3) is 0 Å². The van der Waals surface area contributed by atoms with Crippen LogP contribution in [0.25, 0.3) is 11.1 Å². The molecule has 2 aromatic carbocycles. The molecule has 0 spiro atoms. The number of methoxy groups -OCH3 is 1. The van der Waals surface area contributed by atoms with E-state index in [4.69, 9.17) is 10.5 Å². The van der Waals surface area contributed by atoms with Gasteiger partial charge in [-0.1, -0.05) is 30.3 Å². The average molecular weight is 301 g/mol. The Kier molecular flexibility index (Phi) is 5.95. The zero-order chi connectivity index (χ0) is 15.9. The third-order valence-electron chi connectivity index (χ3n) is 3.84. The molecule has 0 radical (unpaired) electrons. The Labute approximate surface area is 131 Å². The normalized spacial score (nSPS) is 12.2. The molecule has 0 aliphatic heterocycles. The number of hydrogen-bond donors (Lipinski definition) is 3. The van der Waals surface area contributed by atoms with Crippen LogP contribution in [0.3, 0.4) is 0 Å². The van der Waals surface area contributed by atoms with Gasteiger partial charge in [-0.05, 0) is 53.3 Å². The van der Waals surface area contributed by atoms with Crippen molar-refractivity contribution < 1.29 is 14.9 Å². The van der Waals surface area contributed by atoms with Crippen LogP contribution in [0, 0.1) is 5.92 Å². The molecule has 2 rings (SSSR count). The zero-order valence-electron chi connectivity index (χ0n) is 12.8. The van der Waals surface area contributed by atoms with Gasteiger partial charge in [0.1, 0.15) is 5.75 Å². The van der Waals surface area contributed by atoms with Crippen LogP contribution in [0.1, 0.15) is 11.1 Å². The highest BCUT2D eigenvalue weighted by molar-refractivity contribution is 5.69. The number of ether oxygens (including phenoxy) is 1. The van der Waals surface area contributed by atoms with Crippen LogP contribution >= 0.6 is 0 Å². The number of benzene rings is 2. The topological polar surface area (TPSA) is 75.7 Å². The number of hydrogen-bond acceptors (Lipinski definition) is 4. The molecule has 1 unspecified atom stereocenters. The Balaban J connectivity index is 2.36. The van der Waals surface area contributed by atoms with Crippen molar-refractivity contribution in [3.63, 3.8) is 0 Å². The summed E-state index contributed by atoms with van der Waals surface area (Å²) in [4.78, 5) is 0. The Bertz CT molecular complexity index is 609. The van der Waals surface area contributed by atoms with Crippen molar-refractivity contribution in [2.75, 3.05) is 20.3 Å². The monoisotopic (exact) mass is 301 g/mol. The fraction of sp³-hybridized carbons (Fsp3) is 0.333. The summed E-state index contributed by atoms with van der Waals surface area (Å²) in [5.41, 5.74) is 9.61. The summed E-state index contributed by atoms with van der Waals surface area (Å²) >= 11 is 0. The molecule has 4 heteroatoms. The lowest BCUT2D eigenvalue weighted by Gasteiger charge is -2.14. The average Bonchev–Trinajstić information content (AvgIpc) is 2.59. The van der Waals surface area contributed by atoms with Crippen molar-refractivity contribution in [2.24, 2.45) is 11.7 Å². The first-order valence-electron chi connectivity index (χ1n) is 7.39. The molecule has 4 N–H and O–H groups in total. The van der Waals surface area contributed by atoms with Gasteiger partial charge in [0.2, 0.25) is 0 Å². The van der Waals surface area contributed by atoms with E-state index in [1.165, 1.54) is 0 Å². The van der Waals surface area contributed by atoms with Crippen LogP contribution in [-0.4, -0.2) is 30.5 Å². The molecule has 0 bridgehead atoms. The Morgan fingerprint density at radius 2 is 1.95 bits per heavy atom. The van der Waals surface area contributed by atoms with E-state index in [9.17, 15) is 10.2 Å². The molecule has 0 aliphatic carbocycles. The largest absolute Gasteiger partial charge is 0.497 e. The Morgan fingerprint density at radius 1 is 1.14 bits per heavy atom. The fourth-order valence-electron chi connectivity index (χ4n) is 2.51. The molecular formula is C18H23NO3. The fourth-order valence-corrected chi connectivity index (χ4v) is 2.51. The van der Waals surface area contributed by atoms with E-state index in [-0.39, 0.29) is 19.1 Å². The molecule has 0 heterocycles. The summed E-state index contributed by atoms with van der Waals surface area (Å²) < 4.78 is 5.27. The van der Waals surface area contributed by atoms with Crippen molar-refractivity contribution in [2.45, 2.75) is 13.0 Å². The van der Waals surface area contributed by atoms with Crippen LogP contribution in [0.5, 0.6) is 5.75 Å². The summed E-state index contributed by atoms with van der Waals surface area (Å²) in [6.07, 6.45) is 0.735. The summed E-state index contributed by atoms with van der Waals surface area (Å²) in [5, 5.41) is 18.8. The molecule has 118 valence electrons. The zero-order valence-corrected chi connectivity index (χ0v) is 12.8. The minimum Gasteiger partial charge on any atom is -0.497 e. The number of rotatable bonds is 7. The molecule has 2 aromatic rings. The lowest BCUT2D eigenvalue weighted by atomic mass is 9.94. The number of nitrogens with two attached hydrogens (primary N) is 1. The molecule has 0 fully saturated rings. The minimum absolute atomic E-state index is 0.0222. The van der Waals surface area contributed by atoms with Gasteiger partial charge in [-0.3, -0.25) is 0 Å². The van der Waals surface area contributed by atoms with E-state index in [1.807, 2.05) is 36.4 Å². The van der Waals surface area contributed by atoms with Crippen molar-refractivity contribution in [1.29, 1.82) is 0 Å². The van der Waals surface area contributed by atoms with Gasteiger partial charge in [-0.25, -0.2) is 0 Å². The predicted octanol–water partition coefficient (Wildman–Crippen LogP) is 1.96. The van der Waals surface area contributed by atoms with E-state index in [0.29, 0.717) is 6.54 Å². The van der Waals surface area contributed by atoms with E-state index in [0.717, 1.165) is 34.4 Å². The summed E-state index contributed by atoms with van der Waals surface area (Å²) in [6.45, 7) is 0.523. The van der Waals surface area contributed by atoms with Gasteiger partial charge in [-0.2, -0.15) is 0 Å². The molecule has 0 saturated heterocycles. The second-order valence-electron chi connectivity index (χ2n) is 5.37. The van der Waals surface area contributed by atoms with Gasteiger partial charge < -0.3 is 20.7 Å². The Hall–Kier alpha value is -1.88. The third-order valence-corrected chi connectivity index (χ3v) is 3.84. The molecule has 4 nitrogen and oxygen atoms in total. The second kappa shape index (κ2) is 7.94. The van der Waals surface area contributed by atoms with Gasteiger partial charge in [-0.15, -0.1) is 0 Å². The SMILES string of the molecule is COc1ccc(CO)c(-c2cccc(CC(CN)CO)c2)c1. The van der Waals surface area contributed by atoms with E-state index < -0.39 is 0 Å². The highest BCUT2D eigenvalue weighted by Crippen LogP contribution is 2.29. The molecule has 0 saturated carbocycles. The summed E-state index contributed by atoms with van der Waals surface area (Å²) in [6, 6.07) is 13.7. The van der Waals surface area contributed by atoms with Crippen molar-refractivity contribution in [3.05, 3.63) is 53.6 Å². The predicted molar refractivity (Wildman–Crippen MR) is 87.7 cm³/mol. The lowest BCUT2D eigenvalue weighted by Crippen LogP contribution is -2.20. The second-order valence-corrected chi connectivity index (χ2v) is 5.37. The van der Waals surface area contributed by atoms with Crippen molar-refractivity contribution in [3.8, 4) is 16.9 Å². The molecule has 0 aromatic heterocycles. The van der Waals surface area contributed by atoms with Crippen molar-refractivity contribution >= 4 is 0 Å². The Morgan fingerprint density at radius 3 is 2.59 bits per heavy atom. The van der Waals surface area contributed by atoms with E-state index in [1.54, 1.807) is 7.11 Å². The summed E-state index contributed by atoms with van der Waals surface area (Å²) in [5.74, 6) is 0.825. The number of aliphatic hydroxyl groups excluding tert-OH is 2. The molecule has 22 heavy (non-hydrogen) atoms. The molecule has 0 amide bonds. The maximum absolute atomic E-state index is 9.54. The summed E-state index contributed by atoms with van der Waals surface area (Å²) in [7, 11) is 1.63. The first-order chi connectivity index (χ1) is 10.7. The van der Waals surface area contributed by atoms with Crippen LogP contribution in [0.2, 0.25) is 0 Å². The standard InChI is InChI=1S/C18H23NO3/c1-22-17-6-5-16(12-21)18(9-17)15-4-2-3-13(8-15)7-14(10-19)11-20/h2-6,8-9,14,20-21H,7,10-12,19H2,1H3. The maximum atomic E-state index is 9.54. The first-order valence-corrected chi connectivity index (χ1v) is 7.39.